The molecule has 1 heterocycles. The third-order valence-electron chi connectivity index (χ3n) is 3.43. The summed E-state index contributed by atoms with van der Waals surface area (Å²) in [7, 11) is 0. The topological polar surface area (TPSA) is 32.3 Å². The summed E-state index contributed by atoms with van der Waals surface area (Å²) in [5.41, 5.74) is -0.273. The van der Waals surface area contributed by atoms with Gasteiger partial charge in [0.05, 0.1) is 5.54 Å². The number of hydrogen-bond acceptors (Lipinski definition) is 2. The molecular weight excluding hydrogens is 212 g/mol. The Morgan fingerprint density at radius 1 is 1.29 bits per heavy atom. The van der Waals surface area contributed by atoms with E-state index >= 15 is 0 Å². The molecule has 1 amide bonds. The van der Waals surface area contributed by atoms with Crippen molar-refractivity contribution in [3.63, 3.8) is 0 Å². The number of amides is 1. The van der Waals surface area contributed by atoms with Crippen molar-refractivity contribution >= 4 is 5.91 Å². The van der Waals surface area contributed by atoms with Gasteiger partial charge in [0.25, 0.3) is 0 Å². The zero-order valence-corrected chi connectivity index (χ0v) is 12.3. The van der Waals surface area contributed by atoms with Crippen LogP contribution in [-0.4, -0.2) is 36.0 Å². The molecule has 100 valence electrons. The highest BCUT2D eigenvalue weighted by molar-refractivity contribution is 5.85. The van der Waals surface area contributed by atoms with Crippen LogP contribution >= 0.6 is 0 Å². The summed E-state index contributed by atoms with van der Waals surface area (Å²) in [6, 6.07) is 0. The van der Waals surface area contributed by atoms with Gasteiger partial charge in [-0.1, -0.05) is 27.7 Å². The van der Waals surface area contributed by atoms with Crippen LogP contribution in [0.25, 0.3) is 0 Å². The van der Waals surface area contributed by atoms with Crippen molar-refractivity contribution < 1.29 is 4.79 Å². The minimum Gasteiger partial charge on any atom is -0.341 e. The fourth-order valence-electron chi connectivity index (χ4n) is 2.17. The Labute approximate surface area is 106 Å². The van der Waals surface area contributed by atoms with Gasteiger partial charge in [-0.2, -0.15) is 0 Å². The maximum atomic E-state index is 12.4. The van der Waals surface area contributed by atoms with Gasteiger partial charge in [-0.05, 0) is 31.6 Å². The lowest BCUT2D eigenvalue weighted by atomic mass is 9.93. The van der Waals surface area contributed by atoms with Gasteiger partial charge in [-0.25, -0.2) is 0 Å². The highest BCUT2D eigenvalue weighted by Gasteiger charge is 2.38. The first-order valence-electron chi connectivity index (χ1n) is 6.68. The number of nitrogens with zero attached hydrogens (tertiary/aromatic N) is 1. The number of carbonyl (C=O) groups excluding carboxylic acids is 1. The Hall–Kier alpha value is -0.570. The number of rotatable bonds is 3. The Morgan fingerprint density at radius 3 is 2.41 bits per heavy atom. The molecule has 0 aliphatic carbocycles. The molecule has 17 heavy (non-hydrogen) atoms. The van der Waals surface area contributed by atoms with Crippen LogP contribution in [0.1, 0.15) is 48.0 Å². The van der Waals surface area contributed by atoms with Crippen LogP contribution < -0.4 is 5.32 Å². The fraction of sp³-hybridized carbons (Fsp3) is 0.929. The summed E-state index contributed by atoms with van der Waals surface area (Å²) in [5, 5.41) is 3.39. The summed E-state index contributed by atoms with van der Waals surface area (Å²) in [6.45, 7) is 15.4. The van der Waals surface area contributed by atoms with Crippen molar-refractivity contribution in [3.8, 4) is 0 Å². The van der Waals surface area contributed by atoms with E-state index in [1.54, 1.807) is 0 Å². The lowest BCUT2D eigenvalue weighted by molar-refractivity contribution is -0.136. The van der Waals surface area contributed by atoms with Crippen LogP contribution in [0.5, 0.6) is 0 Å². The molecule has 0 spiro atoms. The zero-order valence-electron chi connectivity index (χ0n) is 12.3. The standard InChI is InChI=1S/C14H28N2O/c1-11(2)7-8-16-10-13(3,4)9-15-14(5,6)12(16)17/h11,15H,7-10H2,1-6H3. The van der Waals surface area contributed by atoms with Crippen molar-refractivity contribution in [1.29, 1.82) is 0 Å². The SMILES string of the molecule is CC(C)CCN1CC(C)(C)CNC(C)(C)C1=O. The van der Waals surface area contributed by atoms with Crippen LogP contribution in [0.3, 0.4) is 0 Å². The number of hydrogen-bond donors (Lipinski definition) is 1. The third kappa shape index (κ3) is 3.98. The van der Waals surface area contributed by atoms with Gasteiger partial charge >= 0.3 is 0 Å². The molecule has 1 aliphatic rings. The second kappa shape index (κ2) is 4.97. The van der Waals surface area contributed by atoms with E-state index in [9.17, 15) is 4.79 Å². The van der Waals surface area contributed by atoms with E-state index in [1.165, 1.54) is 0 Å². The van der Waals surface area contributed by atoms with Crippen molar-refractivity contribution in [2.24, 2.45) is 11.3 Å². The lowest BCUT2D eigenvalue weighted by Crippen LogP contribution is -2.51. The highest BCUT2D eigenvalue weighted by atomic mass is 16.2. The third-order valence-corrected chi connectivity index (χ3v) is 3.43. The van der Waals surface area contributed by atoms with E-state index in [1.807, 2.05) is 18.7 Å². The quantitative estimate of drug-likeness (QED) is 0.821. The molecule has 1 N–H and O–H groups in total. The van der Waals surface area contributed by atoms with Crippen molar-refractivity contribution in [3.05, 3.63) is 0 Å². The first-order chi connectivity index (χ1) is 7.64. The number of carbonyl (C=O) groups is 1. The second-order valence-corrected chi connectivity index (χ2v) is 7.05. The molecule has 0 aromatic heterocycles. The zero-order chi connectivity index (χ0) is 13.3. The van der Waals surface area contributed by atoms with E-state index in [4.69, 9.17) is 0 Å². The first kappa shape index (κ1) is 14.5. The molecule has 3 nitrogen and oxygen atoms in total. The van der Waals surface area contributed by atoms with Gasteiger partial charge in [-0.15, -0.1) is 0 Å². The largest absolute Gasteiger partial charge is 0.341 e. The molecule has 0 aromatic rings. The fourth-order valence-corrected chi connectivity index (χ4v) is 2.17. The molecule has 1 aliphatic heterocycles. The lowest BCUT2D eigenvalue weighted by Gasteiger charge is -2.31. The van der Waals surface area contributed by atoms with E-state index in [0.717, 1.165) is 26.1 Å². The highest BCUT2D eigenvalue weighted by Crippen LogP contribution is 2.24. The Bertz CT molecular complexity index is 282. The average Bonchev–Trinajstić information content (AvgIpc) is 2.26. The molecular formula is C14H28N2O. The van der Waals surface area contributed by atoms with Crippen LogP contribution in [0.4, 0.5) is 0 Å². The summed E-state index contributed by atoms with van der Waals surface area (Å²) >= 11 is 0. The summed E-state index contributed by atoms with van der Waals surface area (Å²) in [5.74, 6) is 0.883. The molecule has 1 saturated heterocycles. The summed E-state index contributed by atoms with van der Waals surface area (Å²) < 4.78 is 0. The van der Waals surface area contributed by atoms with Gasteiger partial charge < -0.3 is 10.2 Å². The minimum absolute atomic E-state index is 0.153. The van der Waals surface area contributed by atoms with Gasteiger partial charge in [-0.3, -0.25) is 4.79 Å². The van der Waals surface area contributed by atoms with Crippen LogP contribution in [-0.2, 0) is 4.79 Å². The van der Waals surface area contributed by atoms with E-state index < -0.39 is 5.54 Å². The maximum absolute atomic E-state index is 12.4. The monoisotopic (exact) mass is 240 g/mol. The van der Waals surface area contributed by atoms with Crippen molar-refractivity contribution in [1.82, 2.24) is 10.2 Å². The van der Waals surface area contributed by atoms with Gasteiger partial charge in [0.15, 0.2) is 0 Å². The Kier molecular flexibility index (Phi) is 4.23. The predicted molar refractivity (Wildman–Crippen MR) is 71.9 cm³/mol. The molecule has 1 rings (SSSR count). The molecule has 0 aromatic carbocycles. The molecule has 0 atom stereocenters. The van der Waals surface area contributed by atoms with E-state index in [-0.39, 0.29) is 11.3 Å². The van der Waals surface area contributed by atoms with Crippen molar-refractivity contribution in [2.45, 2.75) is 53.5 Å². The van der Waals surface area contributed by atoms with Crippen LogP contribution in [0, 0.1) is 11.3 Å². The maximum Gasteiger partial charge on any atom is 0.242 e. The van der Waals surface area contributed by atoms with Crippen LogP contribution in [0.15, 0.2) is 0 Å². The number of nitrogens with one attached hydrogen (secondary N) is 1. The summed E-state index contributed by atoms with van der Waals surface area (Å²) in [6.07, 6.45) is 1.08. The average molecular weight is 240 g/mol. The molecule has 0 unspecified atom stereocenters. The van der Waals surface area contributed by atoms with E-state index in [2.05, 4.69) is 33.0 Å². The normalized spacial score (nSPS) is 23.9. The molecule has 1 fully saturated rings. The Morgan fingerprint density at radius 2 is 1.88 bits per heavy atom. The molecule has 3 heteroatoms. The molecule has 0 radical (unpaired) electrons. The van der Waals surface area contributed by atoms with Crippen molar-refractivity contribution in [2.75, 3.05) is 19.6 Å². The minimum atomic E-state index is -0.426. The predicted octanol–water partition coefficient (Wildman–Crippen LogP) is 2.27. The second-order valence-electron chi connectivity index (χ2n) is 7.05. The van der Waals surface area contributed by atoms with Crippen LogP contribution in [0.2, 0.25) is 0 Å². The van der Waals surface area contributed by atoms with E-state index in [0.29, 0.717) is 5.92 Å². The smallest absolute Gasteiger partial charge is 0.242 e. The van der Waals surface area contributed by atoms with Gasteiger partial charge in [0.2, 0.25) is 5.91 Å². The Balaban J connectivity index is 2.79. The van der Waals surface area contributed by atoms with Gasteiger partial charge in [0.1, 0.15) is 0 Å². The summed E-state index contributed by atoms with van der Waals surface area (Å²) in [4.78, 5) is 14.5. The molecule has 0 bridgehead atoms. The molecule has 0 saturated carbocycles. The van der Waals surface area contributed by atoms with Gasteiger partial charge in [0, 0.05) is 19.6 Å². The first-order valence-corrected chi connectivity index (χ1v) is 6.68.